The van der Waals surface area contributed by atoms with Gasteiger partial charge >= 0.3 is 5.97 Å². The number of allylic oxidation sites excluding steroid dienone is 1. The molecule has 0 N–H and O–H groups in total. The molecule has 0 bridgehead atoms. The minimum atomic E-state index is -0.604. The summed E-state index contributed by atoms with van der Waals surface area (Å²) in [6.07, 6.45) is 1.47. The SMILES string of the molecule is C/C=C(\C(=O)OC)C(=O)c1ccc(C)cc1. The fraction of sp³-hybridized carbons (Fsp3) is 0.231. The fourth-order valence-corrected chi connectivity index (χ4v) is 1.31. The van der Waals surface area contributed by atoms with Gasteiger partial charge in [0.2, 0.25) is 0 Å². The molecule has 0 fully saturated rings. The van der Waals surface area contributed by atoms with E-state index in [0.717, 1.165) is 5.56 Å². The molecule has 0 atom stereocenters. The second kappa shape index (κ2) is 5.26. The summed E-state index contributed by atoms with van der Waals surface area (Å²) in [7, 11) is 1.26. The minimum Gasteiger partial charge on any atom is -0.465 e. The van der Waals surface area contributed by atoms with Gasteiger partial charge in [-0.15, -0.1) is 0 Å². The van der Waals surface area contributed by atoms with E-state index in [1.165, 1.54) is 13.2 Å². The molecule has 84 valence electrons. The molecule has 0 aliphatic heterocycles. The summed E-state index contributed by atoms with van der Waals surface area (Å²) in [4.78, 5) is 23.2. The highest BCUT2D eigenvalue weighted by atomic mass is 16.5. The van der Waals surface area contributed by atoms with Crippen LogP contribution in [0.1, 0.15) is 22.8 Å². The molecule has 3 heteroatoms. The summed E-state index contributed by atoms with van der Waals surface area (Å²) in [5, 5.41) is 0. The minimum absolute atomic E-state index is 0.0614. The second-order valence-corrected chi connectivity index (χ2v) is 3.39. The number of carbonyl (C=O) groups is 2. The van der Waals surface area contributed by atoms with Crippen molar-refractivity contribution in [1.82, 2.24) is 0 Å². The van der Waals surface area contributed by atoms with Crippen molar-refractivity contribution in [3.8, 4) is 0 Å². The topological polar surface area (TPSA) is 43.4 Å². The lowest BCUT2D eigenvalue weighted by Crippen LogP contribution is -2.14. The Hall–Kier alpha value is -1.90. The number of carbonyl (C=O) groups excluding carboxylic acids is 2. The van der Waals surface area contributed by atoms with E-state index in [2.05, 4.69) is 4.74 Å². The van der Waals surface area contributed by atoms with Crippen molar-refractivity contribution in [2.75, 3.05) is 7.11 Å². The summed E-state index contributed by atoms with van der Waals surface area (Å²) in [6, 6.07) is 7.06. The molecular weight excluding hydrogens is 204 g/mol. The third-order valence-corrected chi connectivity index (χ3v) is 2.25. The van der Waals surface area contributed by atoms with Crippen LogP contribution >= 0.6 is 0 Å². The van der Waals surface area contributed by atoms with Gasteiger partial charge in [0.25, 0.3) is 0 Å². The van der Waals surface area contributed by atoms with Gasteiger partial charge in [0, 0.05) is 5.56 Å². The average Bonchev–Trinajstić information content (AvgIpc) is 2.30. The highest BCUT2D eigenvalue weighted by Crippen LogP contribution is 2.11. The van der Waals surface area contributed by atoms with Gasteiger partial charge in [-0.05, 0) is 13.8 Å². The van der Waals surface area contributed by atoms with Crippen LogP contribution < -0.4 is 0 Å². The van der Waals surface area contributed by atoms with E-state index in [-0.39, 0.29) is 11.4 Å². The Morgan fingerprint density at radius 2 is 1.75 bits per heavy atom. The zero-order valence-electron chi connectivity index (χ0n) is 9.61. The van der Waals surface area contributed by atoms with Crippen LogP contribution in [0, 0.1) is 6.92 Å². The molecule has 1 rings (SSSR count). The van der Waals surface area contributed by atoms with Crippen molar-refractivity contribution in [1.29, 1.82) is 0 Å². The Morgan fingerprint density at radius 3 is 2.19 bits per heavy atom. The molecule has 0 saturated carbocycles. The predicted octanol–water partition coefficient (Wildman–Crippen LogP) is 2.30. The van der Waals surface area contributed by atoms with Crippen LogP contribution in [0.5, 0.6) is 0 Å². The first-order valence-electron chi connectivity index (χ1n) is 4.96. The molecule has 0 aliphatic rings. The van der Waals surface area contributed by atoms with Gasteiger partial charge in [-0.3, -0.25) is 4.79 Å². The summed E-state index contributed by atoms with van der Waals surface area (Å²) >= 11 is 0. The molecule has 0 radical (unpaired) electrons. The van der Waals surface area contributed by atoms with Gasteiger partial charge in [0.15, 0.2) is 5.78 Å². The van der Waals surface area contributed by atoms with Crippen molar-refractivity contribution in [2.45, 2.75) is 13.8 Å². The fourth-order valence-electron chi connectivity index (χ4n) is 1.31. The van der Waals surface area contributed by atoms with Gasteiger partial charge in [-0.1, -0.05) is 35.9 Å². The number of ether oxygens (including phenoxy) is 1. The Balaban J connectivity index is 3.01. The largest absolute Gasteiger partial charge is 0.465 e. The van der Waals surface area contributed by atoms with Crippen LogP contribution in [0.3, 0.4) is 0 Å². The number of hydrogen-bond acceptors (Lipinski definition) is 3. The number of aryl methyl sites for hydroxylation is 1. The predicted molar refractivity (Wildman–Crippen MR) is 61.3 cm³/mol. The van der Waals surface area contributed by atoms with E-state index < -0.39 is 5.97 Å². The van der Waals surface area contributed by atoms with Gasteiger partial charge in [-0.25, -0.2) is 4.79 Å². The maximum Gasteiger partial charge on any atom is 0.341 e. The second-order valence-electron chi connectivity index (χ2n) is 3.39. The molecule has 0 heterocycles. The summed E-state index contributed by atoms with van der Waals surface area (Å²) in [5.74, 6) is -0.914. The standard InChI is InChI=1S/C13H14O3/c1-4-11(13(15)16-3)12(14)10-7-5-9(2)6-8-10/h4-8H,1-3H3/b11-4-. The molecular formula is C13H14O3. The van der Waals surface area contributed by atoms with Crippen molar-refractivity contribution in [3.05, 3.63) is 47.0 Å². The van der Waals surface area contributed by atoms with E-state index in [0.29, 0.717) is 5.56 Å². The van der Waals surface area contributed by atoms with E-state index in [1.807, 2.05) is 19.1 Å². The summed E-state index contributed by atoms with van der Waals surface area (Å²) in [6.45, 7) is 3.57. The summed E-state index contributed by atoms with van der Waals surface area (Å²) < 4.78 is 4.54. The summed E-state index contributed by atoms with van der Waals surface area (Å²) in [5.41, 5.74) is 1.62. The highest BCUT2D eigenvalue weighted by molar-refractivity contribution is 6.24. The van der Waals surface area contributed by atoms with Gasteiger partial charge < -0.3 is 4.74 Å². The first kappa shape index (κ1) is 12.2. The van der Waals surface area contributed by atoms with Gasteiger partial charge in [0.05, 0.1) is 7.11 Å². The first-order chi connectivity index (χ1) is 7.60. The maximum atomic E-state index is 11.9. The zero-order chi connectivity index (χ0) is 12.1. The normalized spacial score (nSPS) is 11.1. The van der Waals surface area contributed by atoms with Crippen LogP contribution in [0.4, 0.5) is 0 Å². The molecule has 0 aromatic heterocycles. The molecule has 0 aliphatic carbocycles. The zero-order valence-corrected chi connectivity index (χ0v) is 9.61. The third-order valence-electron chi connectivity index (χ3n) is 2.25. The number of benzene rings is 1. The lowest BCUT2D eigenvalue weighted by molar-refractivity contribution is -0.135. The van der Waals surface area contributed by atoms with E-state index in [4.69, 9.17) is 0 Å². The third kappa shape index (κ3) is 2.57. The number of ketones is 1. The van der Waals surface area contributed by atoms with Crippen LogP contribution in [0.25, 0.3) is 0 Å². The molecule has 0 unspecified atom stereocenters. The van der Waals surface area contributed by atoms with Crippen molar-refractivity contribution in [3.63, 3.8) is 0 Å². The van der Waals surface area contributed by atoms with Crippen molar-refractivity contribution in [2.24, 2.45) is 0 Å². The smallest absolute Gasteiger partial charge is 0.341 e. The molecule has 0 amide bonds. The Kier molecular flexibility index (Phi) is 4.00. The first-order valence-corrected chi connectivity index (χ1v) is 4.96. The molecule has 1 aromatic rings. The van der Waals surface area contributed by atoms with Crippen LogP contribution in [0.15, 0.2) is 35.9 Å². The molecule has 1 aromatic carbocycles. The monoisotopic (exact) mass is 218 g/mol. The van der Waals surface area contributed by atoms with Crippen molar-refractivity contribution < 1.29 is 14.3 Å². The maximum absolute atomic E-state index is 11.9. The van der Waals surface area contributed by atoms with Gasteiger partial charge in [0.1, 0.15) is 5.57 Å². The number of Topliss-reactive ketones (excluding diaryl/α,β-unsaturated/α-hetero) is 1. The number of rotatable bonds is 3. The lowest BCUT2D eigenvalue weighted by Gasteiger charge is -2.04. The van der Waals surface area contributed by atoms with Crippen LogP contribution in [-0.4, -0.2) is 18.9 Å². The number of esters is 1. The van der Waals surface area contributed by atoms with Crippen LogP contribution in [-0.2, 0) is 9.53 Å². The van der Waals surface area contributed by atoms with Gasteiger partial charge in [-0.2, -0.15) is 0 Å². The van der Waals surface area contributed by atoms with Crippen LogP contribution in [0.2, 0.25) is 0 Å². The molecule has 16 heavy (non-hydrogen) atoms. The molecule has 0 saturated heterocycles. The average molecular weight is 218 g/mol. The Morgan fingerprint density at radius 1 is 1.19 bits per heavy atom. The lowest BCUT2D eigenvalue weighted by atomic mass is 10.0. The van der Waals surface area contributed by atoms with E-state index in [1.54, 1.807) is 19.1 Å². The molecule has 0 spiro atoms. The number of hydrogen-bond donors (Lipinski definition) is 0. The highest BCUT2D eigenvalue weighted by Gasteiger charge is 2.18. The quantitative estimate of drug-likeness (QED) is 0.257. The van der Waals surface area contributed by atoms with E-state index in [9.17, 15) is 9.59 Å². The molecule has 3 nitrogen and oxygen atoms in total. The van der Waals surface area contributed by atoms with E-state index >= 15 is 0 Å². The van der Waals surface area contributed by atoms with Crippen molar-refractivity contribution >= 4 is 11.8 Å². The Bertz CT molecular complexity index is 427. The Labute approximate surface area is 94.7 Å². The number of methoxy groups -OCH3 is 1.